The number of carbonyl (C=O) groups excluding carboxylic acids is 1. The highest BCUT2D eigenvalue weighted by atomic mass is 79.9. The Morgan fingerprint density at radius 2 is 1.83 bits per heavy atom. The Morgan fingerprint density at radius 1 is 1.10 bits per heavy atom. The van der Waals surface area contributed by atoms with Crippen molar-refractivity contribution in [3.63, 3.8) is 0 Å². The van der Waals surface area contributed by atoms with Crippen LogP contribution in [0, 0.1) is 0 Å². The number of halogens is 1. The largest absolute Gasteiger partial charge is 0.311 e. The first kappa shape index (κ1) is 20.3. The lowest BCUT2D eigenvalue weighted by molar-refractivity contribution is -0.115. The molecular formula is C23H24BrN5O. The van der Waals surface area contributed by atoms with Gasteiger partial charge in [0, 0.05) is 28.7 Å². The first-order valence-electron chi connectivity index (χ1n) is 9.77. The molecule has 1 amide bonds. The highest BCUT2D eigenvalue weighted by molar-refractivity contribution is 9.10. The van der Waals surface area contributed by atoms with Crippen LogP contribution in [0.2, 0.25) is 0 Å². The Balaban J connectivity index is 1.47. The maximum atomic E-state index is 12.5. The number of nitrogens with one attached hydrogen (secondary N) is 1. The summed E-state index contributed by atoms with van der Waals surface area (Å²) in [5, 5.41) is 7.47. The molecule has 0 unspecified atom stereocenters. The summed E-state index contributed by atoms with van der Waals surface area (Å²) in [7, 11) is 1.84. The maximum absolute atomic E-state index is 12.5. The molecule has 4 rings (SSSR count). The SMILES string of the molecule is Cn1nc(C(C)(C)C)cc1NC(=O)Cc1ccc(-n2cnc3cc(Br)ccc32)cc1. The van der Waals surface area contributed by atoms with Gasteiger partial charge in [-0.3, -0.25) is 14.0 Å². The van der Waals surface area contributed by atoms with Gasteiger partial charge in [-0.1, -0.05) is 48.8 Å². The zero-order valence-electron chi connectivity index (χ0n) is 17.5. The molecule has 0 saturated carbocycles. The van der Waals surface area contributed by atoms with Crippen molar-refractivity contribution in [3.8, 4) is 5.69 Å². The van der Waals surface area contributed by atoms with Gasteiger partial charge in [0.1, 0.15) is 12.1 Å². The van der Waals surface area contributed by atoms with E-state index < -0.39 is 0 Å². The van der Waals surface area contributed by atoms with E-state index >= 15 is 0 Å². The molecule has 1 N–H and O–H groups in total. The summed E-state index contributed by atoms with van der Waals surface area (Å²) < 4.78 is 4.75. The fourth-order valence-electron chi connectivity index (χ4n) is 3.29. The van der Waals surface area contributed by atoms with Crippen LogP contribution in [0.3, 0.4) is 0 Å². The molecule has 0 saturated heterocycles. The Hall–Kier alpha value is -2.93. The van der Waals surface area contributed by atoms with Gasteiger partial charge in [-0.25, -0.2) is 4.98 Å². The van der Waals surface area contributed by atoms with Crippen molar-refractivity contribution in [3.05, 3.63) is 70.6 Å². The number of fused-ring (bicyclic) bond motifs is 1. The van der Waals surface area contributed by atoms with Crippen LogP contribution in [-0.2, 0) is 23.7 Å². The second-order valence-corrected chi connectivity index (χ2v) is 9.34. The Kier molecular flexibility index (Phi) is 5.24. The van der Waals surface area contributed by atoms with Crippen LogP contribution in [0.15, 0.2) is 59.3 Å². The average molecular weight is 466 g/mol. The molecule has 6 nitrogen and oxygen atoms in total. The Labute approximate surface area is 184 Å². The number of hydrogen-bond acceptors (Lipinski definition) is 3. The zero-order chi connectivity index (χ0) is 21.5. The number of rotatable bonds is 4. The highest BCUT2D eigenvalue weighted by Crippen LogP contribution is 2.24. The molecule has 7 heteroatoms. The number of aromatic nitrogens is 4. The Bertz CT molecular complexity index is 1210. The third-order valence-corrected chi connectivity index (χ3v) is 5.50. The smallest absolute Gasteiger partial charge is 0.229 e. The van der Waals surface area contributed by atoms with Crippen molar-refractivity contribution in [1.29, 1.82) is 0 Å². The number of hydrogen-bond donors (Lipinski definition) is 1. The fraction of sp³-hybridized carbons (Fsp3) is 0.261. The molecule has 0 bridgehead atoms. The van der Waals surface area contributed by atoms with Crippen LogP contribution in [0.4, 0.5) is 5.82 Å². The van der Waals surface area contributed by atoms with Crippen LogP contribution in [0.25, 0.3) is 16.7 Å². The summed E-state index contributed by atoms with van der Waals surface area (Å²) in [4.78, 5) is 17.0. The van der Waals surface area contributed by atoms with Crippen LogP contribution in [0.5, 0.6) is 0 Å². The molecule has 2 aromatic heterocycles. The van der Waals surface area contributed by atoms with Crippen molar-refractivity contribution < 1.29 is 4.79 Å². The molecule has 0 atom stereocenters. The number of imidazole rings is 1. The monoisotopic (exact) mass is 465 g/mol. The first-order chi connectivity index (χ1) is 14.2. The van der Waals surface area contributed by atoms with Crippen molar-refractivity contribution in [2.45, 2.75) is 32.6 Å². The van der Waals surface area contributed by atoms with Crippen molar-refractivity contribution in [2.75, 3.05) is 5.32 Å². The van der Waals surface area contributed by atoms with E-state index in [1.165, 1.54) is 0 Å². The molecule has 0 radical (unpaired) electrons. The molecular weight excluding hydrogens is 442 g/mol. The maximum Gasteiger partial charge on any atom is 0.229 e. The third kappa shape index (κ3) is 4.16. The average Bonchev–Trinajstić information content (AvgIpc) is 3.25. The summed E-state index contributed by atoms with van der Waals surface area (Å²) in [6.07, 6.45) is 2.11. The van der Waals surface area contributed by atoms with Gasteiger partial charge in [0.05, 0.1) is 23.1 Å². The summed E-state index contributed by atoms with van der Waals surface area (Å²) in [6, 6.07) is 15.9. The summed E-state index contributed by atoms with van der Waals surface area (Å²) >= 11 is 3.48. The third-order valence-electron chi connectivity index (χ3n) is 5.00. The van der Waals surface area contributed by atoms with Crippen LogP contribution >= 0.6 is 15.9 Å². The van der Waals surface area contributed by atoms with Crippen LogP contribution in [-0.4, -0.2) is 25.2 Å². The van der Waals surface area contributed by atoms with Gasteiger partial charge in [-0.05, 0) is 35.9 Å². The lowest BCUT2D eigenvalue weighted by atomic mass is 9.92. The topological polar surface area (TPSA) is 64.7 Å². The van der Waals surface area contributed by atoms with Crippen molar-refractivity contribution in [1.82, 2.24) is 19.3 Å². The van der Waals surface area contributed by atoms with Crippen LogP contribution < -0.4 is 5.32 Å². The second-order valence-electron chi connectivity index (χ2n) is 8.43. The van der Waals surface area contributed by atoms with Crippen LogP contribution in [0.1, 0.15) is 32.0 Å². The van der Waals surface area contributed by atoms with Crippen molar-refractivity contribution >= 4 is 38.7 Å². The van der Waals surface area contributed by atoms with E-state index in [0.29, 0.717) is 12.2 Å². The van der Waals surface area contributed by atoms with E-state index in [1.807, 2.05) is 66.5 Å². The van der Waals surface area contributed by atoms with Gasteiger partial charge in [-0.2, -0.15) is 5.10 Å². The fourth-order valence-corrected chi connectivity index (χ4v) is 3.64. The molecule has 2 aromatic carbocycles. The van der Waals surface area contributed by atoms with Gasteiger partial charge >= 0.3 is 0 Å². The summed E-state index contributed by atoms with van der Waals surface area (Å²) in [5.41, 5.74) is 4.80. The minimum Gasteiger partial charge on any atom is -0.311 e. The van der Waals surface area contributed by atoms with E-state index in [1.54, 1.807) is 4.68 Å². The predicted octanol–water partition coefficient (Wildman–Crippen LogP) is 5.00. The highest BCUT2D eigenvalue weighted by Gasteiger charge is 2.19. The van der Waals surface area contributed by atoms with E-state index in [4.69, 9.17) is 0 Å². The number of amides is 1. The number of anilines is 1. The van der Waals surface area contributed by atoms with Gasteiger partial charge in [0.25, 0.3) is 0 Å². The molecule has 4 aromatic rings. The predicted molar refractivity (Wildman–Crippen MR) is 123 cm³/mol. The summed E-state index contributed by atoms with van der Waals surface area (Å²) in [5.74, 6) is 0.640. The summed E-state index contributed by atoms with van der Waals surface area (Å²) in [6.45, 7) is 6.31. The molecule has 0 aliphatic heterocycles. The van der Waals surface area contributed by atoms with E-state index in [2.05, 4.69) is 52.1 Å². The molecule has 0 fully saturated rings. The standard InChI is InChI=1S/C23H24BrN5O/c1-23(2,3)20-13-21(28(4)27-20)26-22(30)11-15-5-8-17(9-6-15)29-14-25-18-12-16(24)7-10-19(18)29/h5-10,12-14H,11H2,1-4H3,(H,26,30). The normalized spacial score (nSPS) is 11.8. The van der Waals surface area contributed by atoms with Crippen molar-refractivity contribution in [2.24, 2.45) is 7.05 Å². The number of aryl methyl sites for hydroxylation is 1. The molecule has 2 heterocycles. The number of nitrogens with zero attached hydrogens (tertiary/aromatic N) is 4. The van der Waals surface area contributed by atoms with Gasteiger partial charge < -0.3 is 5.32 Å². The second kappa shape index (κ2) is 7.72. The van der Waals surface area contributed by atoms with E-state index in [9.17, 15) is 4.79 Å². The first-order valence-corrected chi connectivity index (χ1v) is 10.6. The van der Waals surface area contributed by atoms with Gasteiger partial charge in [-0.15, -0.1) is 0 Å². The zero-order valence-corrected chi connectivity index (χ0v) is 19.1. The Morgan fingerprint density at radius 3 is 2.50 bits per heavy atom. The molecule has 0 aliphatic carbocycles. The molecule has 0 aliphatic rings. The van der Waals surface area contributed by atoms with Gasteiger partial charge in [0.15, 0.2) is 0 Å². The number of benzene rings is 2. The quantitative estimate of drug-likeness (QED) is 0.461. The molecule has 30 heavy (non-hydrogen) atoms. The molecule has 154 valence electrons. The number of carbonyl (C=O) groups is 1. The minimum atomic E-state index is -0.0656. The van der Waals surface area contributed by atoms with E-state index in [0.717, 1.165) is 32.5 Å². The minimum absolute atomic E-state index is 0.0653. The lowest BCUT2D eigenvalue weighted by Crippen LogP contribution is -2.16. The lowest BCUT2D eigenvalue weighted by Gasteiger charge is -2.13. The van der Waals surface area contributed by atoms with E-state index in [-0.39, 0.29) is 11.3 Å². The van der Waals surface area contributed by atoms with Gasteiger partial charge in [0.2, 0.25) is 5.91 Å². The molecule has 0 spiro atoms.